The molecule has 0 radical (unpaired) electrons. The molecular formula is C20H20BrN3O4. The number of carboxylic acids is 2. The summed E-state index contributed by atoms with van der Waals surface area (Å²) in [5, 5.41) is 18.2. The fourth-order valence-corrected chi connectivity index (χ4v) is 2.61. The van der Waals surface area contributed by atoms with Crippen LogP contribution in [0, 0.1) is 6.92 Å². The van der Waals surface area contributed by atoms with Gasteiger partial charge in [-0.1, -0.05) is 57.9 Å². The lowest BCUT2D eigenvalue weighted by atomic mass is 10.1. The van der Waals surface area contributed by atoms with Gasteiger partial charge in [-0.05, 0) is 30.2 Å². The first-order valence-corrected chi connectivity index (χ1v) is 9.10. The second kappa shape index (κ2) is 9.70. The molecule has 1 aromatic heterocycles. The van der Waals surface area contributed by atoms with Crippen LogP contribution in [0.25, 0.3) is 11.3 Å². The fraction of sp³-hybridized carbons (Fsp3) is 0.150. The van der Waals surface area contributed by atoms with E-state index in [1.807, 2.05) is 25.4 Å². The van der Waals surface area contributed by atoms with E-state index < -0.39 is 11.9 Å². The van der Waals surface area contributed by atoms with E-state index in [0.29, 0.717) is 0 Å². The molecule has 0 atom stereocenters. The first-order chi connectivity index (χ1) is 13.3. The second-order valence-electron chi connectivity index (χ2n) is 5.98. The Morgan fingerprint density at radius 2 is 1.61 bits per heavy atom. The van der Waals surface area contributed by atoms with Gasteiger partial charge in [-0.25, -0.2) is 14.6 Å². The minimum atomic E-state index is -1.82. The lowest BCUT2D eigenvalue weighted by Gasteiger charge is -2.09. The third-order valence-electron chi connectivity index (χ3n) is 3.88. The maximum Gasteiger partial charge on any atom is 0.414 e. The topological polar surface area (TPSA) is 104 Å². The van der Waals surface area contributed by atoms with Gasteiger partial charge in [-0.2, -0.15) is 0 Å². The molecule has 7 nitrogen and oxygen atoms in total. The predicted octanol–water partition coefficient (Wildman–Crippen LogP) is 3.93. The molecule has 3 N–H and O–H groups in total. The highest BCUT2D eigenvalue weighted by Crippen LogP contribution is 2.22. The van der Waals surface area contributed by atoms with E-state index in [1.54, 1.807) is 0 Å². The number of anilines is 1. The maximum absolute atomic E-state index is 9.10. The number of aliphatic carboxylic acids is 2. The molecule has 28 heavy (non-hydrogen) atoms. The summed E-state index contributed by atoms with van der Waals surface area (Å²) >= 11 is 3.45. The van der Waals surface area contributed by atoms with E-state index >= 15 is 0 Å². The maximum atomic E-state index is 9.10. The molecule has 0 saturated heterocycles. The molecule has 0 aliphatic rings. The van der Waals surface area contributed by atoms with Crippen molar-refractivity contribution in [3.8, 4) is 11.3 Å². The van der Waals surface area contributed by atoms with Crippen LogP contribution in [0.4, 0.5) is 5.95 Å². The number of nitrogens with one attached hydrogen (secondary N) is 1. The molecule has 2 aromatic carbocycles. The van der Waals surface area contributed by atoms with Crippen LogP contribution >= 0.6 is 15.9 Å². The zero-order chi connectivity index (χ0) is 20.7. The summed E-state index contributed by atoms with van der Waals surface area (Å²) in [7, 11) is 2.03. The van der Waals surface area contributed by atoms with Gasteiger partial charge in [0.2, 0.25) is 5.95 Å². The van der Waals surface area contributed by atoms with Crippen LogP contribution < -0.4 is 5.32 Å². The number of nitrogens with zero attached hydrogens (tertiary/aromatic N) is 2. The quantitative estimate of drug-likeness (QED) is 0.525. The molecule has 146 valence electrons. The van der Waals surface area contributed by atoms with Gasteiger partial charge in [-0.3, -0.25) is 0 Å². The van der Waals surface area contributed by atoms with Gasteiger partial charge in [0.05, 0.1) is 11.9 Å². The summed E-state index contributed by atoms with van der Waals surface area (Å²) in [6.07, 6.45) is 1.91. The van der Waals surface area contributed by atoms with Gasteiger partial charge >= 0.3 is 11.9 Å². The van der Waals surface area contributed by atoms with Crippen molar-refractivity contribution in [2.45, 2.75) is 13.5 Å². The Kier molecular flexibility index (Phi) is 7.34. The average molecular weight is 446 g/mol. The molecule has 0 aliphatic heterocycles. The highest BCUT2D eigenvalue weighted by atomic mass is 79.9. The summed E-state index contributed by atoms with van der Waals surface area (Å²) in [6.45, 7) is 2.85. The number of hydrogen-bond acceptors (Lipinski definition) is 4. The summed E-state index contributed by atoms with van der Waals surface area (Å²) in [5.74, 6) is -2.77. The second-order valence-corrected chi connectivity index (χ2v) is 6.90. The zero-order valence-corrected chi connectivity index (χ0v) is 17.0. The molecule has 3 rings (SSSR count). The van der Waals surface area contributed by atoms with Crippen LogP contribution in [-0.4, -0.2) is 31.7 Å². The first kappa shape index (κ1) is 21.2. The minimum Gasteiger partial charge on any atom is -0.473 e. The third kappa shape index (κ3) is 5.95. The Morgan fingerprint density at radius 1 is 1.04 bits per heavy atom. The Bertz CT molecular complexity index is 939. The fourth-order valence-electron chi connectivity index (χ4n) is 2.35. The van der Waals surface area contributed by atoms with Crippen molar-refractivity contribution in [1.82, 2.24) is 9.55 Å². The molecule has 8 heteroatoms. The molecule has 0 unspecified atom stereocenters. The smallest absolute Gasteiger partial charge is 0.414 e. The van der Waals surface area contributed by atoms with E-state index in [1.165, 1.54) is 16.7 Å². The number of hydrogen-bond donors (Lipinski definition) is 3. The Balaban J connectivity index is 0.000000409. The number of carbonyl (C=O) groups is 2. The first-order valence-electron chi connectivity index (χ1n) is 8.31. The summed E-state index contributed by atoms with van der Waals surface area (Å²) in [6, 6.07) is 16.8. The highest BCUT2D eigenvalue weighted by molar-refractivity contribution is 9.10. The van der Waals surface area contributed by atoms with E-state index in [-0.39, 0.29) is 0 Å². The Labute approximate surface area is 170 Å². The van der Waals surface area contributed by atoms with E-state index in [2.05, 4.69) is 74.1 Å². The zero-order valence-electron chi connectivity index (χ0n) is 15.4. The normalized spacial score (nSPS) is 9.96. The standard InChI is InChI=1S/C18H18BrN3.C2H2O4/c1-13-3-7-15(8-4-13)17-12-21-18(22(17)2)20-11-14-5-9-16(19)10-6-14;3-1(4)2(5)6/h3-10,12H,11H2,1-2H3,(H,20,21);(H,3,4)(H,5,6). The van der Waals surface area contributed by atoms with Crippen LogP contribution in [0.1, 0.15) is 11.1 Å². The van der Waals surface area contributed by atoms with Crippen LogP contribution in [0.5, 0.6) is 0 Å². The summed E-state index contributed by atoms with van der Waals surface area (Å²) in [5.41, 5.74) is 4.78. The van der Waals surface area contributed by atoms with Crippen LogP contribution in [0.2, 0.25) is 0 Å². The summed E-state index contributed by atoms with van der Waals surface area (Å²) in [4.78, 5) is 22.7. The van der Waals surface area contributed by atoms with Gasteiger partial charge in [0.1, 0.15) is 0 Å². The van der Waals surface area contributed by atoms with Crippen molar-refractivity contribution in [2.24, 2.45) is 7.05 Å². The number of aromatic nitrogens is 2. The van der Waals surface area contributed by atoms with Gasteiger partial charge in [0.15, 0.2) is 0 Å². The van der Waals surface area contributed by atoms with Crippen molar-refractivity contribution in [3.05, 3.63) is 70.3 Å². The van der Waals surface area contributed by atoms with Crippen LogP contribution in [-0.2, 0) is 23.2 Å². The Morgan fingerprint density at radius 3 is 2.14 bits per heavy atom. The summed E-state index contributed by atoms with van der Waals surface area (Å²) < 4.78 is 3.18. The largest absolute Gasteiger partial charge is 0.473 e. The van der Waals surface area contributed by atoms with Gasteiger partial charge < -0.3 is 20.1 Å². The van der Waals surface area contributed by atoms with Crippen molar-refractivity contribution >= 4 is 33.8 Å². The molecule has 0 amide bonds. The number of rotatable bonds is 4. The monoisotopic (exact) mass is 445 g/mol. The van der Waals surface area contributed by atoms with Crippen molar-refractivity contribution in [1.29, 1.82) is 0 Å². The van der Waals surface area contributed by atoms with E-state index in [4.69, 9.17) is 19.8 Å². The SMILES string of the molecule is Cc1ccc(-c2cnc(NCc3ccc(Br)cc3)n2C)cc1.O=C(O)C(=O)O. The lowest BCUT2D eigenvalue weighted by Crippen LogP contribution is -2.09. The highest BCUT2D eigenvalue weighted by Gasteiger charge is 2.08. The lowest BCUT2D eigenvalue weighted by molar-refractivity contribution is -0.159. The number of imidazole rings is 1. The van der Waals surface area contributed by atoms with Crippen LogP contribution in [0.15, 0.2) is 59.2 Å². The van der Waals surface area contributed by atoms with Crippen molar-refractivity contribution in [2.75, 3.05) is 5.32 Å². The minimum absolute atomic E-state index is 0.755. The van der Waals surface area contributed by atoms with Gasteiger partial charge in [0, 0.05) is 18.1 Å². The molecule has 0 spiro atoms. The predicted molar refractivity (Wildman–Crippen MR) is 110 cm³/mol. The van der Waals surface area contributed by atoms with Gasteiger partial charge in [-0.15, -0.1) is 0 Å². The van der Waals surface area contributed by atoms with Gasteiger partial charge in [0.25, 0.3) is 0 Å². The number of benzene rings is 2. The molecule has 0 bridgehead atoms. The van der Waals surface area contributed by atoms with Crippen molar-refractivity contribution in [3.63, 3.8) is 0 Å². The van der Waals surface area contributed by atoms with E-state index in [0.717, 1.165) is 22.7 Å². The number of aryl methyl sites for hydroxylation is 1. The third-order valence-corrected chi connectivity index (χ3v) is 4.41. The van der Waals surface area contributed by atoms with E-state index in [9.17, 15) is 0 Å². The average Bonchev–Trinajstić information content (AvgIpc) is 3.03. The Hall–Kier alpha value is -3.13. The van der Waals surface area contributed by atoms with Crippen molar-refractivity contribution < 1.29 is 19.8 Å². The molecule has 0 saturated carbocycles. The molecule has 3 aromatic rings. The molecule has 1 heterocycles. The number of carboxylic acid groups (broad SMARTS) is 2. The molecule has 0 fully saturated rings. The van der Waals surface area contributed by atoms with Crippen LogP contribution in [0.3, 0.4) is 0 Å². The number of halogens is 1. The molecule has 0 aliphatic carbocycles. The molecular weight excluding hydrogens is 426 g/mol.